The molecule has 1 atom stereocenters. The second-order valence-corrected chi connectivity index (χ2v) is 7.47. The highest BCUT2D eigenvalue weighted by molar-refractivity contribution is 5.95. The lowest BCUT2D eigenvalue weighted by molar-refractivity contribution is -0.127. The number of benzene rings is 2. The standard InChI is InChI=1S/C23H25F2N3O2/c1-16(18-7-9-19(24)10-8-18)12-22(29)28-11-3-4-17(15-28)14-26-23(30)27-21-6-2-5-20(25)13-21/h2,5-10,12-13,17H,3-4,11,14-15H2,1H3,(H2,26,27,30)/b16-12+. The Labute approximate surface area is 174 Å². The summed E-state index contributed by atoms with van der Waals surface area (Å²) < 4.78 is 26.3. The Kier molecular flexibility index (Phi) is 7.17. The van der Waals surface area contributed by atoms with Gasteiger partial charge in [0, 0.05) is 31.4 Å². The number of likely N-dealkylation sites (tertiary alicyclic amines) is 1. The van der Waals surface area contributed by atoms with E-state index in [4.69, 9.17) is 0 Å². The summed E-state index contributed by atoms with van der Waals surface area (Å²) in [5.41, 5.74) is 1.96. The number of hydrogen-bond donors (Lipinski definition) is 2. The molecule has 0 aliphatic carbocycles. The highest BCUT2D eigenvalue weighted by Crippen LogP contribution is 2.19. The van der Waals surface area contributed by atoms with Gasteiger partial charge in [0.2, 0.25) is 5.91 Å². The van der Waals surface area contributed by atoms with E-state index in [1.807, 2.05) is 6.92 Å². The number of allylic oxidation sites excluding steroid dienone is 1. The van der Waals surface area contributed by atoms with Gasteiger partial charge in [-0.15, -0.1) is 0 Å². The van der Waals surface area contributed by atoms with Crippen LogP contribution in [0, 0.1) is 17.6 Å². The van der Waals surface area contributed by atoms with E-state index in [9.17, 15) is 18.4 Å². The maximum Gasteiger partial charge on any atom is 0.319 e. The zero-order chi connectivity index (χ0) is 21.5. The van der Waals surface area contributed by atoms with Gasteiger partial charge in [0.05, 0.1) is 0 Å². The maximum absolute atomic E-state index is 13.2. The topological polar surface area (TPSA) is 61.4 Å². The smallest absolute Gasteiger partial charge is 0.319 e. The molecule has 30 heavy (non-hydrogen) atoms. The fraction of sp³-hybridized carbons (Fsp3) is 0.304. The molecule has 2 aromatic rings. The van der Waals surface area contributed by atoms with Gasteiger partial charge in [0.25, 0.3) is 0 Å². The Balaban J connectivity index is 1.50. The molecule has 3 rings (SSSR count). The maximum atomic E-state index is 13.2. The molecule has 1 aliphatic heterocycles. The first kappa shape index (κ1) is 21.5. The van der Waals surface area contributed by atoms with Gasteiger partial charge in [0.15, 0.2) is 0 Å². The number of hydrogen-bond acceptors (Lipinski definition) is 2. The molecular formula is C23H25F2N3O2. The molecule has 1 fully saturated rings. The molecule has 1 saturated heterocycles. The lowest BCUT2D eigenvalue weighted by atomic mass is 9.97. The quantitative estimate of drug-likeness (QED) is 0.713. The predicted octanol–water partition coefficient (Wildman–Crippen LogP) is 4.43. The molecule has 0 aromatic heterocycles. The number of amides is 3. The Morgan fingerprint density at radius 2 is 1.90 bits per heavy atom. The van der Waals surface area contributed by atoms with Crippen LogP contribution in [-0.2, 0) is 4.79 Å². The second kappa shape index (κ2) is 10.0. The third-order valence-corrected chi connectivity index (χ3v) is 5.10. The van der Waals surface area contributed by atoms with Crippen molar-refractivity contribution in [3.63, 3.8) is 0 Å². The van der Waals surface area contributed by atoms with Crippen molar-refractivity contribution in [3.8, 4) is 0 Å². The number of halogens is 2. The number of anilines is 1. The van der Waals surface area contributed by atoms with Crippen LogP contribution < -0.4 is 10.6 Å². The van der Waals surface area contributed by atoms with Crippen molar-refractivity contribution in [1.82, 2.24) is 10.2 Å². The summed E-state index contributed by atoms with van der Waals surface area (Å²) >= 11 is 0. The van der Waals surface area contributed by atoms with Gasteiger partial charge >= 0.3 is 6.03 Å². The van der Waals surface area contributed by atoms with Gasteiger partial charge in [-0.3, -0.25) is 4.79 Å². The fourth-order valence-electron chi connectivity index (χ4n) is 3.48. The van der Waals surface area contributed by atoms with E-state index in [1.54, 1.807) is 29.2 Å². The average Bonchev–Trinajstić information content (AvgIpc) is 2.73. The van der Waals surface area contributed by atoms with Gasteiger partial charge in [0.1, 0.15) is 11.6 Å². The van der Waals surface area contributed by atoms with E-state index < -0.39 is 11.8 Å². The summed E-state index contributed by atoms with van der Waals surface area (Å²) in [6.07, 6.45) is 3.33. The van der Waals surface area contributed by atoms with Crippen LogP contribution in [0.2, 0.25) is 0 Å². The van der Waals surface area contributed by atoms with Crippen LogP contribution >= 0.6 is 0 Å². The summed E-state index contributed by atoms with van der Waals surface area (Å²) in [6.45, 7) is 3.46. The van der Waals surface area contributed by atoms with Crippen molar-refractivity contribution in [2.75, 3.05) is 25.0 Å². The first-order chi connectivity index (χ1) is 14.4. The normalized spacial score (nSPS) is 16.8. The van der Waals surface area contributed by atoms with E-state index in [-0.39, 0.29) is 17.6 Å². The van der Waals surface area contributed by atoms with Crippen molar-refractivity contribution < 1.29 is 18.4 Å². The molecule has 2 N–H and O–H groups in total. The number of rotatable bonds is 5. The lowest BCUT2D eigenvalue weighted by Gasteiger charge is -2.32. The third-order valence-electron chi connectivity index (χ3n) is 5.10. The van der Waals surface area contributed by atoms with E-state index in [0.717, 1.165) is 24.0 Å². The Morgan fingerprint density at radius 1 is 1.13 bits per heavy atom. The van der Waals surface area contributed by atoms with Gasteiger partial charge in [-0.05, 0) is 67.2 Å². The van der Waals surface area contributed by atoms with Gasteiger partial charge < -0.3 is 15.5 Å². The zero-order valence-electron chi connectivity index (χ0n) is 16.8. The molecule has 1 aliphatic rings. The number of carbonyl (C=O) groups excluding carboxylic acids is 2. The largest absolute Gasteiger partial charge is 0.339 e. The minimum atomic E-state index is -0.418. The van der Waals surface area contributed by atoms with Crippen LogP contribution in [0.25, 0.3) is 5.57 Å². The molecule has 2 aromatic carbocycles. The Morgan fingerprint density at radius 3 is 2.63 bits per heavy atom. The first-order valence-electron chi connectivity index (χ1n) is 9.94. The number of nitrogens with one attached hydrogen (secondary N) is 2. The number of piperidine rings is 1. The number of urea groups is 1. The molecule has 0 spiro atoms. The number of carbonyl (C=O) groups is 2. The van der Waals surface area contributed by atoms with E-state index in [0.29, 0.717) is 25.3 Å². The van der Waals surface area contributed by atoms with Gasteiger partial charge in [-0.25, -0.2) is 13.6 Å². The van der Waals surface area contributed by atoms with Crippen molar-refractivity contribution in [3.05, 3.63) is 71.8 Å². The molecule has 0 bridgehead atoms. The molecule has 158 valence electrons. The molecule has 0 radical (unpaired) electrons. The summed E-state index contributed by atoms with van der Waals surface area (Å²) in [7, 11) is 0. The Bertz CT molecular complexity index is 928. The SMILES string of the molecule is C/C(=C\C(=O)N1CCCC(CNC(=O)Nc2cccc(F)c2)C1)c1ccc(F)cc1. The lowest BCUT2D eigenvalue weighted by Crippen LogP contribution is -2.43. The highest BCUT2D eigenvalue weighted by Gasteiger charge is 2.23. The summed E-state index contributed by atoms with van der Waals surface area (Å²) in [5, 5.41) is 5.39. The molecule has 0 saturated carbocycles. The molecule has 7 heteroatoms. The zero-order valence-corrected chi connectivity index (χ0v) is 16.8. The van der Waals surface area contributed by atoms with E-state index >= 15 is 0 Å². The first-order valence-corrected chi connectivity index (χ1v) is 9.94. The van der Waals surface area contributed by atoms with Crippen LogP contribution in [0.4, 0.5) is 19.3 Å². The van der Waals surface area contributed by atoms with Gasteiger partial charge in [-0.2, -0.15) is 0 Å². The summed E-state index contributed by atoms with van der Waals surface area (Å²) in [6, 6.07) is 11.3. The van der Waals surface area contributed by atoms with Crippen molar-refractivity contribution in [1.29, 1.82) is 0 Å². The van der Waals surface area contributed by atoms with Gasteiger partial charge in [-0.1, -0.05) is 18.2 Å². The van der Waals surface area contributed by atoms with Crippen LogP contribution in [-0.4, -0.2) is 36.5 Å². The predicted molar refractivity (Wildman–Crippen MR) is 113 cm³/mol. The highest BCUT2D eigenvalue weighted by atomic mass is 19.1. The number of nitrogens with zero attached hydrogens (tertiary/aromatic N) is 1. The van der Waals surface area contributed by atoms with Crippen molar-refractivity contribution >= 4 is 23.2 Å². The average molecular weight is 413 g/mol. The third kappa shape index (κ3) is 6.14. The molecule has 1 heterocycles. The molecule has 5 nitrogen and oxygen atoms in total. The molecule has 3 amide bonds. The molecule has 1 unspecified atom stereocenters. The van der Waals surface area contributed by atoms with E-state index in [2.05, 4.69) is 10.6 Å². The fourth-order valence-corrected chi connectivity index (χ4v) is 3.48. The van der Waals surface area contributed by atoms with Crippen molar-refractivity contribution in [2.45, 2.75) is 19.8 Å². The monoisotopic (exact) mass is 413 g/mol. The molecular weight excluding hydrogens is 388 g/mol. The van der Waals surface area contributed by atoms with Crippen LogP contribution in [0.5, 0.6) is 0 Å². The van der Waals surface area contributed by atoms with Crippen molar-refractivity contribution in [2.24, 2.45) is 5.92 Å². The Hall–Kier alpha value is -3.22. The van der Waals surface area contributed by atoms with Crippen LogP contribution in [0.3, 0.4) is 0 Å². The minimum Gasteiger partial charge on any atom is -0.339 e. The van der Waals surface area contributed by atoms with Crippen LogP contribution in [0.15, 0.2) is 54.6 Å². The summed E-state index contributed by atoms with van der Waals surface area (Å²) in [5.74, 6) is -0.685. The van der Waals surface area contributed by atoms with Crippen LogP contribution in [0.1, 0.15) is 25.3 Å². The minimum absolute atomic E-state index is 0.0919. The summed E-state index contributed by atoms with van der Waals surface area (Å²) in [4.78, 5) is 26.5. The second-order valence-electron chi connectivity index (χ2n) is 7.47. The van der Waals surface area contributed by atoms with E-state index in [1.165, 1.54) is 30.3 Å².